The molecule has 0 aliphatic heterocycles. The molecule has 1 fully saturated rings. The normalized spacial score (nSPS) is 20.1. The second-order valence-electron chi connectivity index (χ2n) is 5.95. The molecule has 0 aromatic carbocycles. The number of aliphatic hydroxyl groups is 1. The van der Waals surface area contributed by atoms with Crippen molar-refractivity contribution in [2.24, 2.45) is 5.92 Å². The van der Waals surface area contributed by atoms with E-state index in [2.05, 4.69) is 6.92 Å². The van der Waals surface area contributed by atoms with Crippen LogP contribution < -0.4 is 0 Å². The van der Waals surface area contributed by atoms with E-state index in [9.17, 15) is 5.11 Å². The molecule has 0 aromatic heterocycles. The van der Waals surface area contributed by atoms with Gasteiger partial charge < -0.3 is 5.11 Å². The van der Waals surface area contributed by atoms with Crippen LogP contribution in [0.15, 0.2) is 0 Å². The van der Waals surface area contributed by atoms with Crippen molar-refractivity contribution in [1.29, 1.82) is 0 Å². The minimum atomic E-state index is -0.0141. The van der Waals surface area contributed by atoms with Gasteiger partial charge in [0.2, 0.25) is 0 Å². The molecule has 1 rings (SSSR count). The first-order valence-electron chi connectivity index (χ1n) is 8.01. The lowest BCUT2D eigenvalue weighted by molar-refractivity contribution is 0.125. The molecular weight excluding hydrogens is 208 g/mol. The van der Waals surface area contributed by atoms with Gasteiger partial charge in [-0.05, 0) is 18.8 Å². The molecule has 1 aliphatic carbocycles. The highest BCUT2D eigenvalue weighted by Crippen LogP contribution is 2.27. The maximum atomic E-state index is 10.0. The van der Waals surface area contributed by atoms with Gasteiger partial charge in [0.1, 0.15) is 0 Å². The summed E-state index contributed by atoms with van der Waals surface area (Å²) >= 11 is 0. The van der Waals surface area contributed by atoms with Crippen LogP contribution in [0.25, 0.3) is 0 Å². The van der Waals surface area contributed by atoms with Crippen molar-refractivity contribution >= 4 is 0 Å². The van der Waals surface area contributed by atoms with E-state index < -0.39 is 0 Å². The molecule has 102 valence electrons. The maximum absolute atomic E-state index is 10.0. The van der Waals surface area contributed by atoms with E-state index in [0.29, 0.717) is 0 Å². The smallest absolute Gasteiger partial charge is 0.0542 e. The van der Waals surface area contributed by atoms with E-state index in [-0.39, 0.29) is 6.10 Å². The highest BCUT2D eigenvalue weighted by Gasteiger charge is 2.16. The zero-order chi connectivity index (χ0) is 12.3. The van der Waals surface area contributed by atoms with Crippen molar-refractivity contribution in [2.45, 2.75) is 96.5 Å². The van der Waals surface area contributed by atoms with Crippen LogP contribution in [0, 0.1) is 5.92 Å². The summed E-state index contributed by atoms with van der Waals surface area (Å²) in [6.07, 6.45) is 17.0. The first-order chi connectivity index (χ1) is 8.33. The molecule has 1 nitrogen and oxygen atoms in total. The van der Waals surface area contributed by atoms with Gasteiger partial charge in [-0.2, -0.15) is 0 Å². The Kier molecular flexibility index (Phi) is 8.78. The third-order valence-corrected chi connectivity index (χ3v) is 4.22. The first-order valence-corrected chi connectivity index (χ1v) is 8.01. The molecule has 1 unspecified atom stereocenters. The van der Waals surface area contributed by atoms with Crippen LogP contribution in [0.1, 0.15) is 90.4 Å². The highest BCUT2D eigenvalue weighted by molar-refractivity contribution is 4.69. The highest BCUT2D eigenvalue weighted by atomic mass is 16.3. The van der Waals surface area contributed by atoms with Gasteiger partial charge in [-0.15, -0.1) is 0 Å². The predicted octanol–water partition coefficient (Wildman–Crippen LogP) is 5.07. The largest absolute Gasteiger partial charge is 0.393 e. The van der Waals surface area contributed by atoms with Crippen molar-refractivity contribution in [1.82, 2.24) is 0 Å². The van der Waals surface area contributed by atoms with Crippen molar-refractivity contribution in [3.63, 3.8) is 0 Å². The number of aliphatic hydroxyl groups excluding tert-OH is 1. The second-order valence-corrected chi connectivity index (χ2v) is 5.95. The lowest BCUT2D eigenvalue weighted by atomic mass is 9.92. The quantitative estimate of drug-likeness (QED) is 0.464. The van der Waals surface area contributed by atoms with E-state index in [0.717, 1.165) is 18.8 Å². The summed E-state index contributed by atoms with van der Waals surface area (Å²) in [4.78, 5) is 0. The van der Waals surface area contributed by atoms with Crippen LogP contribution in [0.3, 0.4) is 0 Å². The fourth-order valence-corrected chi connectivity index (χ4v) is 3.09. The molecule has 0 heterocycles. The molecule has 0 saturated heterocycles. The molecule has 1 atom stereocenters. The molecular formula is C16H32O. The van der Waals surface area contributed by atoms with Crippen molar-refractivity contribution in [3.8, 4) is 0 Å². The van der Waals surface area contributed by atoms with Crippen LogP contribution in [-0.2, 0) is 0 Å². The molecule has 0 amide bonds. The van der Waals surface area contributed by atoms with Crippen LogP contribution in [0.4, 0.5) is 0 Å². The monoisotopic (exact) mass is 240 g/mol. The van der Waals surface area contributed by atoms with E-state index in [1.54, 1.807) is 0 Å². The summed E-state index contributed by atoms with van der Waals surface area (Å²) < 4.78 is 0. The Morgan fingerprint density at radius 1 is 0.941 bits per heavy atom. The Balaban J connectivity index is 2.00. The maximum Gasteiger partial charge on any atom is 0.0542 e. The molecule has 1 aliphatic rings. The van der Waals surface area contributed by atoms with Gasteiger partial charge in [0.15, 0.2) is 0 Å². The Bertz CT molecular complexity index is 159. The summed E-state index contributed by atoms with van der Waals surface area (Å²) in [7, 11) is 0. The van der Waals surface area contributed by atoms with Crippen molar-refractivity contribution < 1.29 is 5.11 Å². The van der Waals surface area contributed by atoms with Gasteiger partial charge in [-0.1, -0.05) is 77.6 Å². The SMILES string of the molecule is CCCCCCCC(O)CC1CCCCCC1. The summed E-state index contributed by atoms with van der Waals surface area (Å²) in [6, 6.07) is 0. The molecule has 1 saturated carbocycles. The van der Waals surface area contributed by atoms with Crippen LogP contribution >= 0.6 is 0 Å². The van der Waals surface area contributed by atoms with Crippen LogP contribution in [0.5, 0.6) is 0 Å². The van der Waals surface area contributed by atoms with E-state index in [4.69, 9.17) is 0 Å². The minimum Gasteiger partial charge on any atom is -0.393 e. The van der Waals surface area contributed by atoms with Crippen LogP contribution in [0.2, 0.25) is 0 Å². The summed E-state index contributed by atoms with van der Waals surface area (Å²) in [6.45, 7) is 2.25. The molecule has 0 spiro atoms. The Morgan fingerprint density at radius 2 is 1.59 bits per heavy atom. The lowest BCUT2D eigenvalue weighted by Crippen LogP contribution is -2.13. The molecule has 17 heavy (non-hydrogen) atoms. The molecule has 0 aromatic rings. The van der Waals surface area contributed by atoms with Crippen molar-refractivity contribution in [2.75, 3.05) is 0 Å². The minimum absolute atomic E-state index is 0.0141. The lowest BCUT2D eigenvalue weighted by Gasteiger charge is -2.18. The standard InChI is InChI=1S/C16H32O/c1-2-3-4-5-10-13-16(17)14-15-11-8-6-7-9-12-15/h15-17H,2-14H2,1H3. The van der Waals surface area contributed by atoms with E-state index in [1.165, 1.54) is 70.6 Å². The number of unbranched alkanes of at least 4 members (excludes halogenated alkanes) is 4. The van der Waals surface area contributed by atoms with Gasteiger partial charge >= 0.3 is 0 Å². The third kappa shape index (κ3) is 7.81. The molecule has 1 heteroatoms. The zero-order valence-electron chi connectivity index (χ0n) is 11.8. The first kappa shape index (κ1) is 15.0. The van der Waals surface area contributed by atoms with Gasteiger partial charge in [0.05, 0.1) is 6.10 Å². The Hall–Kier alpha value is -0.0400. The van der Waals surface area contributed by atoms with Crippen molar-refractivity contribution in [3.05, 3.63) is 0 Å². The van der Waals surface area contributed by atoms with E-state index in [1.807, 2.05) is 0 Å². The number of rotatable bonds is 8. The van der Waals surface area contributed by atoms with Gasteiger partial charge in [-0.3, -0.25) is 0 Å². The van der Waals surface area contributed by atoms with Crippen LogP contribution in [-0.4, -0.2) is 11.2 Å². The molecule has 0 radical (unpaired) electrons. The average Bonchev–Trinajstić information content (AvgIpc) is 2.57. The van der Waals surface area contributed by atoms with Gasteiger partial charge in [0.25, 0.3) is 0 Å². The van der Waals surface area contributed by atoms with Gasteiger partial charge in [0, 0.05) is 0 Å². The zero-order valence-corrected chi connectivity index (χ0v) is 11.8. The molecule has 1 N–H and O–H groups in total. The Morgan fingerprint density at radius 3 is 2.24 bits per heavy atom. The average molecular weight is 240 g/mol. The predicted molar refractivity (Wildman–Crippen MR) is 75.2 cm³/mol. The third-order valence-electron chi connectivity index (χ3n) is 4.22. The van der Waals surface area contributed by atoms with Gasteiger partial charge in [-0.25, -0.2) is 0 Å². The Labute approximate surface area is 108 Å². The van der Waals surface area contributed by atoms with E-state index >= 15 is 0 Å². The topological polar surface area (TPSA) is 20.2 Å². The fourth-order valence-electron chi connectivity index (χ4n) is 3.09. The fraction of sp³-hybridized carbons (Fsp3) is 1.00. The summed E-state index contributed by atoms with van der Waals surface area (Å²) in [5, 5.41) is 10.0. The molecule has 0 bridgehead atoms. The summed E-state index contributed by atoms with van der Waals surface area (Å²) in [5.41, 5.74) is 0. The number of hydrogen-bond donors (Lipinski definition) is 1. The number of hydrogen-bond acceptors (Lipinski definition) is 1. The summed E-state index contributed by atoms with van der Waals surface area (Å²) in [5.74, 6) is 0.822. The second kappa shape index (κ2) is 9.94.